The van der Waals surface area contributed by atoms with Crippen molar-refractivity contribution in [1.29, 1.82) is 0 Å². The summed E-state index contributed by atoms with van der Waals surface area (Å²) in [5, 5.41) is 6.02. The minimum absolute atomic E-state index is 0.0481. The van der Waals surface area contributed by atoms with Gasteiger partial charge in [0.05, 0.1) is 28.6 Å². The average molecular weight is 499 g/mol. The van der Waals surface area contributed by atoms with Crippen molar-refractivity contribution in [2.75, 3.05) is 26.2 Å². The summed E-state index contributed by atoms with van der Waals surface area (Å²) in [6.45, 7) is 5.13. The van der Waals surface area contributed by atoms with E-state index in [1.54, 1.807) is 6.07 Å². The molecule has 1 aliphatic rings. The molecule has 3 aromatic rings. The van der Waals surface area contributed by atoms with Gasteiger partial charge in [-0.2, -0.15) is 0 Å². The maximum atomic E-state index is 12.4. The van der Waals surface area contributed by atoms with Crippen LogP contribution in [0.2, 0.25) is 10.0 Å². The Morgan fingerprint density at radius 2 is 1.91 bits per heavy atom. The Balaban J connectivity index is 1.22. The third-order valence-corrected chi connectivity index (χ3v) is 6.92. The number of Topliss-reactive ketones (excluding diaryl/α,β-unsaturated/α-hetero) is 1. The van der Waals surface area contributed by atoms with Crippen LogP contribution in [-0.4, -0.2) is 42.8 Å². The summed E-state index contributed by atoms with van der Waals surface area (Å²) in [4.78, 5) is 27.0. The lowest BCUT2D eigenvalue weighted by molar-refractivity contribution is -0.121. The molecule has 7 heteroatoms. The summed E-state index contributed by atoms with van der Waals surface area (Å²) in [6, 6.07) is 17.2. The van der Waals surface area contributed by atoms with Crippen molar-refractivity contribution in [2.24, 2.45) is 5.92 Å². The van der Waals surface area contributed by atoms with Gasteiger partial charge in [0.25, 0.3) is 0 Å². The van der Waals surface area contributed by atoms with E-state index in [0.717, 1.165) is 42.4 Å². The number of hydrogen-bond acceptors (Lipinski definition) is 4. The quantitative estimate of drug-likeness (QED) is 0.381. The van der Waals surface area contributed by atoms with E-state index in [1.807, 2.05) is 48.5 Å². The Kier molecular flexibility index (Phi) is 8.09. The molecule has 0 spiro atoms. The van der Waals surface area contributed by atoms with E-state index in [0.29, 0.717) is 33.8 Å². The van der Waals surface area contributed by atoms with Gasteiger partial charge >= 0.3 is 0 Å². The highest BCUT2D eigenvalue weighted by molar-refractivity contribution is 6.42. The van der Waals surface area contributed by atoms with E-state index in [1.165, 1.54) is 6.92 Å². The van der Waals surface area contributed by atoms with Crippen LogP contribution in [0, 0.1) is 5.92 Å². The third kappa shape index (κ3) is 6.09. The van der Waals surface area contributed by atoms with Crippen LogP contribution in [0.4, 0.5) is 0 Å². The molecule has 0 aliphatic carbocycles. The Morgan fingerprint density at radius 1 is 1.09 bits per heavy atom. The maximum Gasteiger partial charge on any atom is 0.223 e. The number of benzene rings is 3. The lowest BCUT2D eigenvalue weighted by Gasteiger charge is -2.17. The molecule has 0 saturated carbocycles. The molecule has 4 rings (SSSR count). The van der Waals surface area contributed by atoms with Crippen LogP contribution in [0.3, 0.4) is 0 Å². The second-order valence-electron chi connectivity index (χ2n) is 8.76. The highest BCUT2D eigenvalue weighted by atomic mass is 35.5. The van der Waals surface area contributed by atoms with Crippen molar-refractivity contribution in [3.05, 3.63) is 75.8 Å². The van der Waals surface area contributed by atoms with E-state index < -0.39 is 0 Å². The van der Waals surface area contributed by atoms with Crippen molar-refractivity contribution >= 4 is 45.7 Å². The fourth-order valence-electron chi connectivity index (χ4n) is 4.45. The Labute approximate surface area is 210 Å². The minimum Gasteiger partial charge on any atom is -0.492 e. The first-order valence-corrected chi connectivity index (χ1v) is 12.2. The molecular weight excluding hydrogens is 471 g/mol. The first-order chi connectivity index (χ1) is 16.4. The van der Waals surface area contributed by atoms with Gasteiger partial charge in [-0.15, -0.1) is 0 Å². The Morgan fingerprint density at radius 3 is 2.71 bits per heavy atom. The zero-order valence-electron chi connectivity index (χ0n) is 19.2. The number of nitrogens with zero attached hydrogens (tertiary/aromatic N) is 1. The second-order valence-corrected chi connectivity index (χ2v) is 9.57. The molecule has 1 atom stereocenters. The van der Waals surface area contributed by atoms with Crippen molar-refractivity contribution in [3.8, 4) is 5.75 Å². The molecule has 5 nitrogen and oxygen atoms in total. The molecule has 1 heterocycles. The number of ether oxygens (including phenoxy) is 1. The molecule has 1 N–H and O–H groups in total. The number of ketones is 1. The number of carbonyl (C=O) groups is 2. The van der Waals surface area contributed by atoms with Crippen LogP contribution < -0.4 is 10.1 Å². The highest BCUT2D eigenvalue weighted by Gasteiger charge is 2.23. The number of likely N-dealkylation sites (tertiary alicyclic amines) is 1. The van der Waals surface area contributed by atoms with Gasteiger partial charge in [0.15, 0.2) is 5.78 Å². The van der Waals surface area contributed by atoms with Gasteiger partial charge in [0, 0.05) is 19.6 Å². The number of fused-ring (bicyclic) bond motifs is 1. The lowest BCUT2D eigenvalue weighted by Crippen LogP contribution is -2.31. The Hall–Kier alpha value is -2.60. The van der Waals surface area contributed by atoms with Gasteiger partial charge in [0.2, 0.25) is 5.91 Å². The third-order valence-electron chi connectivity index (χ3n) is 6.18. The molecule has 1 fully saturated rings. The second kappa shape index (κ2) is 11.2. The summed E-state index contributed by atoms with van der Waals surface area (Å²) < 4.78 is 5.84. The average Bonchev–Trinajstić information content (AvgIpc) is 3.27. The zero-order valence-corrected chi connectivity index (χ0v) is 20.7. The van der Waals surface area contributed by atoms with Crippen LogP contribution in [0.1, 0.15) is 35.7 Å². The summed E-state index contributed by atoms with van der Waals surface area (Å²) in [7, 11) is 0. The highest BCUT2D eigenvalue weighted by Crippen LogP contribution is 2.29. The number of amides is 1. The Bertz CT molecular complexity index is 1200. The first-order valence-electron chi connectivity index (χ1n) is 11.5. The molecule has 1 amide bonds. The molecule has 0 radical (unpaired) electrons. The minimum atomic E-state index is -0.0529. The fraction of sp³-hybridized carbons (Fsp3) is 0.333. The predicted molar refractivity (Wildman–Crippen MR) is 137 cm³/mol. The number of rotatable bonds is 9. The molecule has 1 aliphatic heterocycles. The van der Waals surface area contributed by atoms with Crippen molar-refractivity contribution in [3.63, 3.8) is 0 Å². The summed E-state index contributed by atoms with van der Waals surface area (Å²) >= 11 is 12.1. The number of halogens is 2. The van der Waals surface area contributed by atoms with Crippen molar-refractivity contribution < 1.29 is 14.3 Å². The van der Waals surface area contributed by atoms with Gasteiger partial charge in [-0.1, -0.05) is 59.6 Å². The van der Waals surface area contributed by atoms with E-state index in [4.69, 9.17) is 27.9 Å². The molecule has 178 valence electrons. The van der Waals surface area contributed by atoms with Crippen molar-refractivity contribution in [2.45, 2.75) is 26.3 Å². The van der Waals surface area contributed by atoms with E-state index in [-0.39, 0.29) is 24.7 Å². The zero-order chi connectivity index (χ0) is 24.1. The molecule has 3 aromatic carbocycles. The maximum absolute atomic E-state index is 12.4. The smallest absolute Gasteiger partial charge is 0.223 e. The molecule has 1 saturated heterocycles. The number of nitrogens with one attached hydrogen (secondary N) is 1. The van der Waals surface area contributed by atoms with Gasteiger partial charge in [0.1, 0.15) is 5.75 Å². The number of carbonyl (C=O) groups excluding carboxylic acids is 2. The number of hydrogen-bond donors (Lipinski definition) is 1. The molecule has 34 heavy (non-hydrogen) atoms. The molecule has 1 unspecified atom stereocenters. The summed E-state index contributed by atoms with van der Waals surface area (Å²) in [5.74, 6) is 0.834. The van der Waals surface area contributed by atoms with Crippen LogP contribution in [0.25, 0.3) is 10.8 Å². The molecule has 0 aromatic heterocycles. The monoisotopic (exact) mass is 498 g/mol. The standard InChI is InChI=1S/C27H28Cl2N2O3/c1-18(32)27-22-5-3-2-4-21(22)7-9-25(27)34-13-11-26(33)30-15-20-10-12-31(17-20)16-19-6-8-23(28)24(29)14-19/h2-9,14,20H,10-13,15-17H2,1H3,(H,30,33). The van der Waals surface area contributed by atoms with Gasteiger partial charge < -0.3 is 10.1 Å². The molecular formula is C27H28Cl2N2O3. The largest absolute Gasteiger partial charge is 0.492 e. The molecule has 0 bridgehead atoms. The fourth-order valence-corrected chi connectivity index (χ4v) is 4.78. The van der Waals surface area contributed by atoms with Gasteiger partial charge in [-0.3, -0.25) is 14.5 Å². The predicted octanol–water partition coefficient (Wildman–Crippen LogP) is 5.76. The van der Waals surface area contributed by atoms with E-state index in [2.05, 4.69) is 10.2 Å². The van der Waals surface area contributed by atoms with Gasteiger partial charge in [-0.05, 0) is 60.3 Å². The van der Waals surface area contributed by atoms with Crippen LogP contribution in [-0.2, 0) is 11.3 Å². The van der Waals surface area contributed by atoms with Crippen molar-refractivity contribution in [1.82, 2.24) is 10.2 Å². The lowest BCUT2D eigenvalue weighted by atomic mass is 10.0. The van der Waals surface area contributed by atoms with E-state index in [9.17, 15) is 9.59 Å². The van der Waals surface area contributed by atoms with E-state index >= 15 is 0 Å². The van der Waals surface area contributed by atoms with Crippen LogP contribution >= 0.6 is 23.2 Å². The SMILES string of the molecule is CC(=O)c1c(OCCC(=O)NCC2CCN(Cc3ccc(Cl)c(Cl)c3)C2)ccc2ccccc12. The normalized spacial score (nSPS) is 16.0. The topological polar surface area (TPSA) is 58.6 Å². The van der Waals surface area contributed by atoms with Crippen LogP contribution in [0.5, 0.6) is 5.75 Å². The first kappa shape index (κ1) is 24.5. The van der Waals surface area contributed by atoms with Crippen LogP contribution in [0.15, 0.2) is 54.6 Å². The summed E-state index contributed by atoms with van der Waals surface area (Å²) in [6.07, 6.45) is 1.28. The van der Waals surface area contributed by atoms with Gasteiger partial charge in [-0.25, -0.2) is 0 Å². The summed E-state index contributed by atoms with van der Waals surface area (Å²) in [5.41, 5.74) is 1.70.